The maximum Gasteiger partial charge on any atom is 0.251 e. The molecule has 1 aromatic carbocycles. The molecule has 4 heteroatoms. The predicted molar refractivity (Wildman–Crippen MR) is 82.2 cm³/mol. The van der Waals surface area contributed by atoms with Gasteiger partial charge in [-0.15, -0.1) is 0 Å². The molecule has 20 heavy (non-hydrogen) atoms. The largest absolute Gasteiger partial charge is 0.352 e. The first-order chi connectivity index (χ1) is 9.65. The van der Waals surface area contributed by atoms with E-state index in [4.69, 9.17) is 0 Å². The van der Waals surface area contributed by atoms with Gasteiger partial charge in [-0.05, 0) is 38.9 Å². The minimum absolute atomic E-state index is 0.0390. The molecule has 1 aliphatic heterocycles. The number of aryl methyl sites for hydroxylation is 2. The second-order valence-corrected chi connectivity index (χ2v) is 5.58. The van der Waals surface area contributed by atoms with Crippen molar-refractivity contribution in [3.05, 3.63) is 34.9 Å². The van der Waals surface area contributed by atoms with Crippen LogP contribution in [-0.2, 0) is 0 Å². The summed E-state index contributed by atoms with van der Waals surface area (Å²) < 4.78 is 0. The highest BCUT2D eigenvalue weighted by atomic mass is 16.1. The van der Waals surface area contributed by atoms with Crippen LogP contribution in [0.3, 0.4) is 0 Å². The first kappa shape index (κ1) is 15.0. The number of nitrogens with one attached hydrogen (secondary N) is 2. The average Bonchev–Trinajstić information content (AvgIpc) is 2.43. The number of piperazine rings is 1. The van der Waals surface area contributed by atoms with E-state index in [1.54, 1.807) is 0 Å². The fourth-order valence-corrected chi connectivity index (χ4v) is 2.65. The van der Waals surface area contributed by atoms with Crippen LogP contribution >= 0.6 is 0 Å². The smallest absolute Gasteiger partial charge is 0.251 e. The van der Waals surface area contributed by atoms with Crippen molar-refractivity contribution in [1.82, 2.24) is 15.5 Å². The Bertz CT molecular complexity index is 433. The van der Waals surface area contributed by atoms with Crippen molar-refractivity contribution in [2.24, 2.45) is 0 Å². The third-order valence-corrected chi connectivity index (χ3v) is 3.63. The van der Waals surface area contributed by atoms with Crippen LogP contribution in [0, 0.1) is 13.8 Å². The van der Waals surface area contributed by atoms with E-state index < -0.39 is 0 Å². The molecule has 0 spiro atoms. The van der Waals surface area contributed by atoms with Crippen molar-refractivity contribution in [2.75, 3.05) is 39.3 Å². The molecule has 1 heterocycles. The van der Waals surface area contributed by atoms with Gasteiger partial charge in [0.25, 0.3) is 5.91 Å². The Balaban J connectivity index is 1.71. The molecular formula is C16H25N3O. The van der Waals surface area contributed by atoms with Crippen LogP contribution in [0.2, 0.25) is 0 Å². The highest BCUT2D eigenvalue weighted by Crippen LogP contribution is 2.08. The molecule has 2 rings (SSSR count). The lowest BCUT2D eigenvalue weighted by Crippen LogP contribution is -2.44. The standard InChI is InChI=1S/C16H25N3O/c1-13-10-14(2)12-15(11-13)16(20)18-4-3-7-19-8-5-17-6-9-19/h10-12,17H,3-9H2,1-2H3,(H,18,20). The monoisotopic (exact) mass is 275 g/mol. The SMILES string of the molecule is Cc1cc(C)cc(C(=O)NCCCN2CCNCC2)c1. The lowest BCUT2D eigenvalue weighted by atomic mass is 10.1. The maximum absolute atomic E-state index is 12.1. The normalized spacial score (nSPS) is 16.1. The van der Waals surface area contributed by atoms with Crippen molar-refractivity contribution in [1.29, 1.82) is 0 Å². The van der Waals surface area contributed by atoms with E-state index in [0.29, 0.717) is 0 Å². The summed E-state index contributed by atoms with van der Waals surface area (Å²) >= 11 is 0. The number of benzene rings is 1. The van der Waals surface area contributed by atoms with Crippen molar-refractivity contribution in [3.8, 4) is 0 Å². The van der Waals surface area contributed by atoms with Gasteiger partial charge in [-0.3, -0.25) is 4.79 Å². The van der Waals surface area contributed by atoms with Gasteiger partial charge in [0.05, 0.1) is 0 Å². The van der Waals surface area contributed by atoms with E-state index in [2.05, 4.69) is 21.6 Å². The second kappa shape index (κ2) is 7.41. The zero-order chi connectivity index (χ0) is 14.4. The number of nitrogens with zero attached hydrogens (tertiary/aromatic N) is 1. The number of carbonyl (C=O) groups excluding carboxylic acids is 1. The molecule has 0 atom stereocenters. The van der Waals surface area contributed by atoms with Crippen LogP contribution in [-0.4, -0.2) is 50.1 Å². The molecule has 0 radical (unpaired) electrons. The van der Waals surface area contributed by atoms with Crippen LogP contribution in [0.4, 0.5) is 0 Å². The van der Waals surface area contributed by atoms with Gasteiger partial charge >= 0.3 is 0 Å². The van der Waals surface area contributed by atoms with Gasteiger partial charge < -0.3 is 15.5 Å². The molecule has 1 fully saturated rings. The Kier molecular flexibility index (Phi) is 5.56. The van der Waals surface area contributed by atoms with Gasteiger partial charge in [0.1, 0.15) is 0 Å². The quantitative estimate of drug-likeness (QED) is 0.797. The molecule has 1 aliphatic rings. The van der Waals surface area contributed by atoms with Gasteiger partial charge in [0, 0.05) is 38.3 Å². The van der Waals surface area contributed by atoms with Gasteiger partial charge in [-0.1, -0.05) is 17.2 Å². The Morgan fingerprint density at radius 1 is 1.20 bits per heavy atom. The molecule has 0 aliphatic carbocycles. The van der Waals surface area contributed by atoms with Gasteiger partial charge in [0.15, 0.2) is 0 Å². The lowest BCUT2D eigenvalue weighted by molar-refractivity contribution is 0.0951. The van der Waals surface area contributed by atoms with E-state index in [-0.39, 0.29) is 5.91 Å². The first-order valence-corrected chi connectivity index (χ1v) is 7.45. The topological polar surface area (TPSA) is 44.4 Å². The number of hydrogen-bond acceptors (Lipinski definition) is 3. The summed E-state index contributed by atoms with van der Waals surface area (Å²) in [4.78, 5) is 14.5. The van der Waals surface area contributed by atoms with E-state index in [9.17, 15) is 4.79 Å². The molecule has 0 saturated carbocycles. The summed E-state index contributed by atoms with van der Waals surface area (Å²) in [7, 11) is 0. The van der Waals surface area contributed by atoms with E-state index in [1.807, 2.05) is 26.0 Å². The van der Waals surface area contributed by atoms with Crippen LogP contribution in [0.15, 0.2) is 18.2 Å². The second-order valence-electron chi connectivity index (χ2n) is 5.58. The van der Waals surface area contributed by atoms with Gasteiger partial charge in [0.2, 0.25) is 0 Å². The van der Waals surface area contributed by atoms with Crippen molar-refractivity contribution >= 4 is 5.91 Å². The molecule has 2 N–H and O–H groups in total. The van der Waals surface area contributed by atoms with E-state index >= 15 is 0 Å². The van der Waals surface area contributed by atoms with Crippen LogP contribution in [0.25, 0.3) is 0 Å². The molecular weight excluding hydrogens is 250 g/mol. The molecule has 0 bridgehead atoms. The predicted octanol–water partition coefficient (Wildman–Crippen LogP) is 1.33. The van der Waals surface area contributed by atoms with E-state index in [0.717, 1.165) is 62.4 Å². The minimum atomic E-state index is 0.0390. The molecule has 1 amide bonds. The lowest BCUT2D eigenvalue weighted by Gasteiger charge is -2.27. The minimum Gasteiger partial charge on any atom is -0.352 e. The zero-order valence-corrected chi connectivity index (χ0v) is 12.5. The summed E-state index contributed by atoms with van der Waals surface area (Å²) in [6.45, 7) is 10.2. The molecule has 0 unspecified atom stereocenters. The fourth-order valence-electron chi connectivity index (χ4n) is 2.65. The number of carbonyl (C=O) groups is 1. The molecule has 0 aromatic heterocycles. The Labute approximate surface area is 121 Å². The molecule has 4 nitrogen and oxygen atoms in total. The highest BCUT2D eigenvalue weighted by molar-refractivity contribution is 5.94. The summed E-state index contributed by atoms with van der Waals surface area (Å²) in [6.07, 6.45) is 1.01. The molecule has 1 aromatic rings. The van der Waals surface area contributed by atoms with E-state index in [1.165, 1.54) is 0 Å². The molecule has 110 valence electrons. The fraction of sp³-hybridized carbons (Fsp3) is 0.562. The highest BCUT2D eigenvalue weighted by Gasteiger charge is 2.09. The average molecular weight is 275 g/mol. The summed E-state index contributed by atoms with van der Waals surface area (Å²) in [6, 6.07) is 5.97. The van der Waals surface area contributed by atoms with Crippen LogP contribution in [0.5, 0.6) is 0 Å². The van der Waals surface area contributed by atoms with Crippen LogP contribution in [0.1, 0.15) is 27.9 Å². The van der Waals surface area contributed by atoms with Crippen molar-refractivity contribution in [2.45, 2.75) is 20.3 Å². The summed E-state index contributed by atoms with van der Waals surface area (Å²) in [5, 5.41) is 6.36. The Morgan fingerprint density at radius 2 is 1.85 bits per heavy atom. The Hall–Kier alpha value is -1.39. The number of amides is 1. The molecule has 1 saturated heterocycles. The zero-order valence-electron chi connectivity index (χ0n) is 12.5. The number of rotatable bonds is 5. The summed E-state index contributed by atoms with van der Waals surface area (Å²) in [5.41, 5.74) is 3.04. The van der Waals surface area contributed by atoms with Gasteiger partial charge in [-0.25, -0.2) is 0 Å². The third kappa shape index (κ3) is 4.62. The van der Waals surface area contributed by atoms with Crippen molar-refractivity contribution in [3.63, 3.8) is 0 Å². The Morgan fingerprint density at radius 3 is 2.50 bits per heavy atom. The number of hydrogen-bond donors (Lipinski definition) is 2. The van der Waals surface area contributed by atoms with Crippen LogP contribution < -0.4 is 10.6 Å². The van der Waals surface area contributed by atoms with Crippen molar-refractivity contribution < 1.29 is 4.79 Å². The summed E-state index contributed by atoms with van der Waals surface area (Å²) in [5.74, 6) is 0.0390. The van der Waals surface area contributed by atoms with Gasteiger partial charge in [-0.2, -0.15) is 0 Å². The maximum atomic E-state index is 12.1. The first-order valence-electron chi connectivity index (χ1n) is 7.45. The third-order valence-electron chi connectivity index (χ3n) is 3.63.